The maximum Gasteiger partial charge on any atom is 0.330 e. The molecule has 3 amide bonds. The van der Waals surface area contributed by atoms with Gasteiger partial charge in [-0.15, -0.1) is 0 Å². The lowest BCUT2D eigenvalue weighted by molar-refractivity contribution is -0.134. The minimum atomic E-state index is -1.08. The molecule has 3 aromatic rings. The molecule has 2 saturated carbocycles. The van der Waals surface area contributed by atoms with Crippen molar-refractivity contribution in [2.45, 2.75) is 78.4 Å². The Morgan fingerprint density at radius 3 is 2.57 bits per heavy atom. The first-order chi connectivity index (χ1) is 21.9. The van der Waals surface area contributed by atoms with E-state index in [2.05, 4.69) is 41.5 Å². The largest absolute Gasteiger partial charge is 0.466 e. The van der Waals surface area contributed by atoms with Crippen molar-refractivity contribution in [3.05, 3.63) is 76.4 Å². The molecule has 11 nitrogen and oxygen atoms in total. The highest BCUT2D eigenvalue weighted by molar-refractivity contribution is 6.03. The predicted molar refractivity (Wildman–Crippen MR) is 173 cm³/mol. The molecular weight excluding hydrogens is 588 g/mol. The van der Waals surface area contributed by atoms with E-state index in [9.17, 15) is 24.0 Å². The molecule has 2 bridgehead atoms. The van der Waals surface area contributed by atoms with Crippen LogP contribution >= 0.6 is 0 Å². The summed E-state index contributed by atoms with van der Waals surface area (Å²) in [5.74, 6) is -1.40. The number of rotatable bonds is 11. The highest BCUT2D eigenvalue weighted by atomic mass is 16.5. The molecule has 11 heteroatoms. The van der Waals surface area contributed by atoms with Crippen LogP contribution in [0.5, 0.6) is 0 Å². The van der Waals surface area contributed by atoms with Crippen molar-refractivity contribution < 1.29 is 28.3 Å². The second-order valence-corrected chi connectivity index (χ2v) is 13.2. The number of pyridine rings is 1. The third kappa shape index (κ3) is 6.23. The van der Waals surface area contributed by atoms with Gasteiger partial charge in [-0.1, -0.05) is 45.0 Å². The van der Waals surface area contributed by atoms with E-state index < -0.39 is 29.4 Å². The summed E-state index contributed by atoms with van der Waals surface area (Å²) in [6, 6.07) is 9.22. The Bertz CT molecular complexity index is 1750. The quantitative estimate of drug-likeness (QED) is 0.209. The molecule has 2 fully saturated rings. The number of carbonyl (C=O) groups is 4. The van der Waals surface area contributed by atoms with Gasteiger partial charge in [-0.2, -0.15) is 0 Å². The molecule has 4 atom stereocenters. The minimum absolute atomic E-state index is 0.000507. The van der Waals surface area contributed by atoms with E-state index in [-0.39, 0.29) is 53.6 Å². The zero-order valence-corrected chi connectivity index (χ0v) is 27.0. The van der Waals surface area contributed by atoms with Crippen LogP contribution in [0.3, 0.4) is 0 Å². The summed E-state index contributed by atoms with van der Waals surface area (Å²) < 4.78 is 11.6. The Labute approximate surface area is 267 Å². The fourth-order valence-corrected chi connectivity index (χ4v) is 7.19. The summed E-state index contributed by atoms with van der Waals surface area (Å²) in [5, 5.41) is 9.30. The van der Waals surface area contributed by atoms with Crippen molar-refractivity contribution in [1.82, 2.24) is 15.2 Å². The number of furan rings is 1. The summed E-state index contributed by atoms with van der Waals surface area (Å²) >= 11 is 0. The predicted octanol–water partition coefficient (Wildman–Crippen LogP) is 4.48. The maximum absolute atomic E-state index is 13.5. The number of aryl methyl sites for hydroxylation is 1. The van der Waals surface area contributed by atoms with E-state index in [1.807, 2.05) is 12.1 Å². The molecule has 1 unspecified atom stereocenters. The molecule has 0 saturated heterocycles. The van der Waals surface area contributed by atoms with Crippen LogP contribution in [0.1, 0.15) is 69.0 Å². The van der Waals surface area contributed by atoms with Crippen LogP contribution in [0.25, 0.3) is 11.0 Å². The number of allylic oxidation sites excluding steroid dienone is 1. The van der Waals surface area contributed by atoms with Gasteiger partial charge in [0.05, 0.1) is 7.11 Å². The van der Waals surface area contributed by atoms with Crippen molar-refractivity contribution in [2.24, 2.45) is 16.7 Å². The van der Waals surface area contributed by atoms with E-state index in [0.29, 0.717) is 17.1 Å². The average Bonchev–Trinajstić information content (AvgIpc) is 3.55. The molecule has 244 valence electrons. The summed E-state index contributed by atoms with van der Waals surface area (Å²) in [4.78, 5) is 64.8. The van der Waals surface area contributed by atoms with Crippen molar-refractivity contribution in [3.8, 4) is 0 Å². The Balaban J connectivity index is 1.29. The average molecular weight is 631 g/mol. The first-order valence-electron chi connectivity index (χ1n) is 15.7. The normalized spacial score (nSPS) is 22.1. The number of aromatic nitrogens is 1. The lowest BCUT2D eigenvalue weighted by Crippen LogP contribution is -2.48. The summed E-state index contributed by atoms with van der Waals surface area (Å²) in [6.07, 6.45) is 7.80. The first kappa shape index (κ1) is 32.7. The lowest BCUT2D eigenvalue weighted by Gasteiger charge is -2.39. The van der Waals surface area contributed by atoms with Gasteiger partial charge in [-0.25, -0.2) is 4.79 Å². The Kier molecular flexibility index (Phi) is 9.23. The van der Waals surface area contributed by atoms with E-state index in [0.717, 1.165) is 24.6 Å². The van der Waals surface area contributed by atoms with Crippen LogP contribution in [0, 0.1) is 23.7 Å². The second-order valence-electron chi connectivity index (χ2n) is 13.2. The number of carbonyl (C=O) groups excluding carboxylic acids is 4. The lowest BCUT2D eigenvalue weighted by atomic mass is 9.69. The molecule has 2 aliphatic carbocycles. The van der Waals surface area contributed by atoms with Gasteiger partial charge in [-0.3, -0.25) is 19.2 Å². The fraction of sp³-hybridized carbons (Fsp3) is 0.457. The number of amides is 3. The number of hydrogen-bond acceptors (Lipinski definition) is 7. The van der Waals surface area contributed by atoms with Gasteiger partial charge in [0.2, 0.25) is 11.8 Å². The molecule has 0 radical (unpaired) electrons. The van der Waals surface area contributed by atoms with Gasteiger partial charge in [0.25, 0.3) is 11.5 Å². The smallest absolute Gasteiger partial charge is 0.330 e. The number of esters is 1. The molecule has 2 heterocycles. The number of methoxy groups -OCH3 is 1. The number of benzene rings is 1. The van der Waals surface area contributed by atoms with Crippen LogP contribution < -0.4 is 21.5 Å². The number of para-hydroxylation sites is 1. The highest BCUT2D eigenvalue weighted by Gasteiger charge is 2.61. The minimum Gasteiger partial charge on any atom is -0.466 e. The SMILES string of the molecule is COC(=O)/C=C/CCC(NC(=O)c1oc2ccccc2c1C)C(=O)Nc1cccn(CC(=O)N[C@H]2C[C@H]3CC[C@@]2(C)C3(C)C)c1=O. The summed E-state index contributed by atoms with van der Waals surface area (Å²) in [6.45, 7) is 8.36. The van der Waals surface area contributed by atoms with E-state index in [1.54, 1.807) is 25.1 Å². The van der Waals surface area contributed by atoms with Crippen molar-refractivity contribution in [2.75, 3.05) is 12.4 Å². The van der Waals surface area contributed by atoms with Gasteiger partial charge in [-0.05, 0) is 74.0 Å². The van der Waals surface area contributed by atoms with Gasteiger partial charge in [0.15, 0.2) is 5.76 Å². The van der Waals surface area contributed by atoms with Gasteiger partial charge in [0, 0.05) is 29.3 Å². The third-order valence-electron chi connectivity index (χ3n) is 10.5. The molecule has 46 heavy (non-hydrogen) atoms. The van der Waals surface area contributed by atoms with E-state index >= 15 is 0 Å². The summed E-state index contributed by atoms with van der Waals surface area (Å²) in [7, 11) is 1.26. The number of hydrogen-bond donors (Lipinski definition) is 3. The molecule has 2 aliphatic rings. The summed E-state index contributed by atoms with van der Waals surface area (Å²) in [5.41, 5.74) is 0.729. The number of nitrogens with one attached hydrogen (secondary N) is 3. The molecule has 0 aliphatic heterocycles. The van der Waals surface area contributed by atoms with Crippen molar-refractivity contribution in [3.63, 3.8) is 0 Å². The van der Waals surface area contributed by atoms with Crippen molar-refractivity contribution >= 4 is 40.3 Å². The van der Waals surface area contributed by atoms with E-state index in [4.69, 9.17) is 4.42 Å². The second kappa shape index (κ2) is 13.0. The molecule has 3 N–H and O–H groups in total. The third-order valence-corrected chi connectivity index (χ3v) is 10.5. The van der Waals surface area contributed by atoms with Crippen LogP contribution in [0.15, 0.2) is 64.0 Å². The van der Waals surface area contributed by atoms with Crippen molar-refractivity contribution in [1.29, 1.82) is 0 Å². The highest BCUT2D eigenvalue weighted by Crippen LogP contribution is 2.65. The first-order valence-corrected chi connectivity index (χ1v) is 15.7. The van der Waals surface area contributed by atoms with Crippen LogP contribution in [0.2, 0.25) is 0 Å². The monoisotopic (exact) mass is 630 g/mol. The standard InChI is InChI=1S/C35H42N4O7/c1-21-23-11-6-8-14-26(23)46-30(21)32(43)36-24(12-7-9-15-29(41)45-5)31(42)37-25-13-10-18-39(33(25)44)20-28(40)38-27-19-22-16-17-35(27,4)34(22,2)3/h6,8-11,13-15,18,22,24,27H,7,12,16-17,19-20H2,1-5H3,(H,36,43)(H,37,42)(H,38,40)/b15-9+/t22-,24?,27+,35-/m1/s1. The molecule has 0 spiro atoms. The number of nitrogens with zero attached hydrogens (tertiary/aromatic N) is 1. The maximum atomic E-state index is 13.5. The number of ether oxygens (including phenoxy) is 1. The fourth-order valence-electron chi connectivity index (χ4n) is 7.19. The zero-order chi connectivity index (χ0) is 33.2. The number of fused-ring (bicyclic) bond motifs is 3. The van der Waals surface area contributed by atoms with Crippen LogP contribution in [-0.2, 0) is 25.7 Å². The van der Waals surface area contributed by atoms with E-state index in [1.165, 1.54) is 36.1 Å². The Morgan fingerprint density at radius 2 is 1.89 bits per heavy atom. The van der Waals surface area contributed by atoms with Gasteiger partial charge in [0.1, 0.15) is 23.9 Å². The Hall–Kier alpha value is -4.67. The Morgan fingerprint density at radius 1 is 1.13 bits per heavy atom. The molecular formula is C35H42N4O7. The van der Waals surface area contributed by atoms with Crippen LogP contribution in [0.4, 0.5) is 5.69 Å². The number of anilines is 1. The molecule has 5 rings (SSSR count). The molecule has 1 aromatic carbocycles. The van der Waals surface area contributed by atoms with Crippen LogP contribution in [-0.4, -0.2) is 47.5 Å². The van der Waals surface area contributed by atoms with Gasteiger partial charge >= 0.3 is 5.97 Å². The zero-order valence-electron chi connectivity index (χ0n) is 27.0. The van der Waals surface area contributed by atoms with Gasteiger partial charge < -0.3 is 29.7 Å². The molecule has 2 aromatic heterocycles. The topological polar surface area (TPSA) is 149 Å².